The molecule has 2 saturated heterocycles. The van der Waals surface area contributed by atoms with Crippen molar-refractivity contribution >= 4 is 63.1 Å². The number of methoxy groups -OCH3 is 1. The summed E-state index contributed by atoms with van der Waals surface area (Å²) in [5.41, 5.74) is 1.62. The summed E-state index contributed by atoms with van der Waals surface area (Å²) in [4.78, 5) is 46.1. The van der Waals surface area contributed by atoms with Gasteiger partial charge in [0.15, 0.2) is 23.3 Å². The molecule has 4 aromatic carbocycles. The fraction of sp³-hybridized carbons (Fsp3) is 0.348. The van der Waals surface area contributed by atoms with Gasteiger partial charge < -0.3 is 40.4 Å². The Morgan fingerprint density at radius 1 is 0.892 bits per heavy atom. The van der Waals surface area contributed by atoms with Crippen LogP contribution in [0.4, 0.5) is 28.4 Å². The molecule has 3 amide bonds. The molecule has 2 aliphatic rings. The van der Waals surface area contributed by atoms with Crippen molar-refractivity contribution in [3.05, 3.63) is 122 Å². The molecule has 7 rings (SSSR count). The number of carbonyl (C=O) groups excluding carboxylic acids is 3. The van der Waals surface area contributed by atoms with Gasteiger partial charge in [0.25, 0.3) is 11.8 Å². The molecule has 5 aromatic rings. The molecule has 1 aromatic heterocycles. The molecule has 3 atom stereocenters. The van der Waals surface area contributed by atoms with Gasteiger partial charge in [-0.15, -0.1) is 11.3 Å². The molecule has 19 heteroatoms. The van der Waals surface area contributed by atoms with Crippen molar-refractivity contribution in [3.63, 3.8) is 0 Å². The number of aromatic nitrogens is 1. The Morgan fingerprint density at radius 3 is 2.42 bits per heavy atom. The van der Waals surface area contributed by atoms with Crippen molar-refractivity contribution in [1.29, 1.82) is 0 Å². The molecular weight excluding hydrogens is 912 g/mol. The summed E-state index contributed by atoms with van der Waals surface area (Å²) >= 11 is 13.5. The lowest BCUT2D eigenvalue weighted by Crippen LogP contribution is -2.39. The van der Waals surface area contributed by atoms with E-state index in [2.05, 4.69) is 31.2 Å². The van der Waals surface area contributed by atoms with E-state index in [9.17, 15) is 23.2 Å². The molecule has 0 spiro atoms. The molecule has 0 radical (unpaired) electrons. The number of unbranched alkanes of at least 4 members (excludes halogenated alkanes) is 3. The fourth-order valence-electron chi connectivity index (χ4n) is 7.91. The van der Waals surface area contributed by atoms with Crippen molar-refractivity contribution in [2.75, 3.05) is 69.9 Å². The maximum absolute atomic E-state index is 15.5. The Kier molecular flexibility index (Phi) is 16.2. The third-order valence-corrected chi connectivity index (χ3v) is 12.6. The minimum absolute atomic E-state index is 0.131. The Labute approximate surface area is 386 Å². The van der Waals surface area contributed by atoms with E-state index in [0.29, 0.717) is 57.9 Å². The highest BCUT2D eigenvalue weighted by Crippen LogP contribution is 2.44. The first-order valence-electron chi connectivity index (χ1n) is 21.0. The Balaban J connectivity index is 0.849. The smallest absolute Gasteiger partial charge is 0.257 e. The number of halogens is 6. The van der Waals surface area contributed by atoms with Gasteiger partial charge in [0, 0.05) is 66.1 Å². The van der Waals surface area contributed by atoms with E-state index >= 15 is 8.78 Å². The second kappa shape index (κ2) is 22.2. The summed E-state index contributed by atoms with van der Waals surface area (Å²) in [6, 6.07) is 14.7. The lowest BCUT2D eigenvalue weighted by Gasteiger charge is -2.26. The number of benzene rings is 4. The van der Waals surface area contributed by atoms with E-state index < -0.39 is 59.6 Å². The van der Waals surface area contributed by atoms with Gasteiger partial charge >= 0.3 is 0 Å². The van der Waals surface area contributed by atoms with Crippen LogP contribution in [0.3, 0.4) is 0 Å². The minimum atomic E-state index is -1.20. The third-order valence-electron chi connectivity index (χ3n) is 11.2. The van der Waals surface area contributed by atoms with Crippen LogP contribution in [0.2, 0.25) is 10.0 Å². The predicted molar refractivity (Wildman–Crippen MR) is 242 cm³/mol. The van der Waals surface area contributed by atoms with Gasteiger partial charge in [0.1, 0.15) is 17.4 Å². The van der Waals surface area contributed by atoms with Crippen molar-refractivity contribution in [2.45, 2.75) is 43.6 Å². The van der Waals surface area contributed by atoms with Crippen LogP contribution >= 0.6 is 34.5 Å². The lowest BCUT2D eigenvalue weighted by atomic mass is 9.79. The molecule has 2 fully saturated rings. The standard InChI is InChI=1S/C46H46Cl2F4N6O6S/c1-62-37-21-26(9-14-35(37)56-45(61)42-39(30-7-6-8-32(48)40(30)51)31(23-55-42)28-11-10-27(47)22-34(28)50)44(60)54-16-5-3-2-4-15-53-38(59)24-64-43-29(12-13-33(49)41(43)52)36-25-65-46(57-36)58-17-19-63-20-18-58/h6-14,21-22,25,31,39,42,55H,2-5,15-20,23-24H2,1H3,(H,53,59)(H,54,60)(H,56,61)/t31-,39-,42-/m1/s1. The molecule has 65 heavy (non-hydrogen) atoms. The van der Waals surface area contributed by atoms with Crippen molar-refractivity contribution in [2.24, 2.45) is 0 Å². The normalized spacial score (nSPS) is 17.2. The monoisotopic (exact) mass is 956 g/mol. The van der Waals surface area contributed by atoms with E-state index in [-0.39, 0.29) is 61.9 Å². The number of morpholine rings is 1. The Bertz CT molecular complexity index is 2510. The maximum Gasteiger partial charge on any atom is 0.257 e. The molecule has 0 aliphatic carbocycles. The first-order chi connectivity index (χ1) is 31.4. The highest BCUT2D eigenvalue weighted by Gasteiger charge is 2.44. The van der Waals surface area contributed by atoms with Crippen molar-refractivity contribution < 1.29 is 46.2 Å². The number of hydrogen-bond donors (Lipinski definition) is 4. The highest BCUT2D eigenvalue weighted by molar-refractivity contribution is 7.14. The van der Waals surface area contributed by atoms with Gasteiger partial charge in [-0.1, -0.05) is 54.2 Å². The van der Waals surface area contributed by atoms with Crippen LogP contribution in [0, 0.1) is 23.3 Å². The summed E-state index contributed by atoms with van der Waals surface area (Å²) < 4.78 is 76.2. The van der Waals surface area contributed by atoms with Crippen LogP contribution in [0.1, 0.15) is 59.0 Å². The molecular formula is C46H46Cl2F4N6O6S. The summed E-state index contributed by atoms with van der Waals surface area (Å²) in [6.07, 6.45) is 2.78. The predicted octanol–water partition coefficient (Wildman–Crippen LogP) is 8.48. The van der Waals surface area contributed by atoms with Gasteiger partial charge in [0.2, 0.25) is 11.7 Å². The average Bonchev–Trinajstić information content (AvgIpc) is 3.98. The van der Waals surface area contributed by atoms with E-state index in [1.54, 1.807) is 11.4 Å². The summed E-state index contributed by atoms with van der Waals surface area (Å²) in [7, 11) is 1.39. The molecule has 3 heterocycles. The van der Waals surface area contributed by atoms with Gasteiger partial charge in [-0.25, -0.2) is 18.2 Å². The van der Waals surface area contributed by atoms with Gasteiger partial charge in [-0.2, -0.15) is 4.39 Å². The van der Waals surface area contributed by atoms with Crippen LogP contribution < -0.4 is 35.6 Å². The largest absolute Gasteiger partial charge is 0.495 e. The number of carbonyl (C=O) groups is 3. The Hall–Kier alpha value is -5.46. The summed E-state index contributed by atoms with van der Waals surface area (Å²) in [6.45, 7) is 2.83. The zero-order valence-electron chi connectivity index (χ0n) is 35.2. The van der Waals surface area contributed by atoms with E-state index in [4.69, 9.17) is 37.4 Å². The van der Waals surface area contributed by atoms with E-state index in [1.165, 1.54) is 73.0 Å². The van der Waals surface area contributed by atoms with E-state index in [1.807, 2.05) is 0 Å². The molecule has 0 bridgehead atoms. The zero-order valence-corrected chi connectivity index (χ0v) is 37.5. The topological polar surface area (TPSA) is 143 Å². The summed E-state index contributed by atoms with van der Waals surface area (Å²) in [5.74, 6) is -6.64. The molecule has 12 nitrogen and oxygen atoms in total. The quantitative estimate of drug-likeness (QED) is 0.0503. The molecule has 0 unspecified atom stereocenters. The third kappa shape index (κ3) is 11.5. The number of thiazole rings is 1. The van der Waals surface area contributed by atoms with Crippen LogP contribution in [0.25, 0.3) is 11.3 Å². The first kappa shape index (κ1) is 47.5. The van der Waals surface area contributed by atoms with Gasteiger partial charge in [0.05, 0.1) is 42.8 Å². The van der Waals surface area contributed by atoms with Crippen molar-refractivity contribution in [1.82, 2.24) is 20.9 Å². The zero-order chi connectivity index (χ0) is 46.0. The maximum atomic E-state index is 15.5. The minimum Gasteiger partial charge on any atom is -0.495 e. The molecule has 2 aliphatic heterocycles. The molecule has 4 N–H and O–H groups in total. The Morgan fingerprint density at radius 2 is 1.66 bits per heavy atom. The number of ether oxygens (including phenoxy) is 3. The molecule has 0 saturated carbocycles. The van der Waals surface area contributed by atoms with Crippen molar-refractivity contribution in [3.8, 4) is 22.8 Å². The number of amides is 3. The van der Waals surface area contributed by atoms with E-state index in [0.717, 1.165) is 24.0 Å². The molecule has 344 valence electrons. The average molecular weight is 958 g/mol. The van der Waals surface area contributed by atoms with Gasteiger partial charge in [-0.05, 0) is 72.5 Å². The van der Waals surface area contributed by atoms with Crippen LogP contribution in [0.15, 0.2) is 72.1 Å². The number of nitrogens with zero attached hydrogens (tertiary/aromatic N) is 2. The second-order valence-corrected chi connectivity index (χ2v) is 17.1. The first-order valence-corrected chi connectivity index (χ1v) is 22.6. The van der Waals surface area contributed by atoms with Crippen LogP contribution in [0.5, 0.6) is 11.5 Å². The number of anilines is 2. The number of rotatable bonds is 18. The van der Waals surface area contributed by atoms with Crippen LogP contribution in [-0.2, 0) is 14.3 Å². The SMILES string of the molecule is COc1cc(C(=O)NCCCCCCNC(=O)COc2c(-c3csc(N4CCOCC4)n3)ccc(F)c2F)ccc1NC(=O)[C@@H]1NC[C@H](c2ccc(Cl)cc2F)[C@H]1c1cccc(Cl)c1F. The highest BCUT2D eigenvalue weighted by atomic mass is 35.5. The second-order valence-electron chi connectivity index (χ2n) is 15.4. The lowest BCUT2D eigenvalue weighted by molar-refractivity contribution is -0.123. The fourth-order valence-corrected chi connectivity index (χ4v) is 9.13. The number of nitrogens with one attached hydrogen (secondary N) is 4. The van der Waals surface area contributed by atoms with Gasteiger partial charge in [-0.3, -0.25) is 14.4 Å². The summed E-state index contributed by atoms with van der Waals surface area (Å²) in [5, 5.41) is 14.1. The number of hydrogen-bond acceptors (Lipinski definition) is 10. The van der Waals surface area contributed by atoms with Crippen LogP contribution in [-0.4, -0.2) is 88.4 Å².